The summed E-state index contributed by atoms with van der Waals surface area (Å²) >= 11 is 0. The van der Waals surface area contributed by atoms with E-state index in [4.69, 9.17) is 10.2 Å². The summed E-state index contributed by atoms with van der Waals surface area (Å²) < 4.78 is 0. The van der Waals surface area contributed by atoms with Crippen LogP contribution in [0.3, 0.4) is 0 Å². The number of rotatable bonds is 18. The standard InChI is InChI=1S/C44H56N2/c1-6-11-14-17-27-38-30-34(29-35(9-4)42(38)28-13-8-3)31-40(10-5)45-46-41-32-39(22-12-7-2)44(37-25-20-16-21-26-37)43(33-41)36-23-18-15-19-24-36/h15-16,18-21,23-26,29-33H,6-14,17,22,27-28H2,1-5H3. The van der Waals surface area contributed by atoms with Gasteiger partial charge in [-0.1, -0.05) is 140 Å². The molecule has 0 radical (unpaired) electrons. The molecule has 4 rings (SSSR count). The molecule has 0 spiro atoms. The van der Waals surface area contributed by atoms with E-state index in [9.17, 15) is 0 Å². The highest BCUT2D eigenvalue weighted by atomic mass is 15.1. The van der Waals surface area contributed by atoms with Crippen molar-refractivity contribution < 1.29 is 0 Å². The number of hydrogen-bond donors (Lipinski definition) is 0. The van der Waals surface area contributed by atoms with Crippen molar-refractivity contribution in [2.45, 2.75) is 118 Å². The summed E-state index contributed by atoms with van der Waals surface area (Å²) in [6.07, 6.45) is 17.5. The first-order valence-corrected chi connectivity index (χ1v) is 18.2. The van der Waals surface area contributed by atoms with Crippen molar-refractivity contribution in [1.82, 2.24) is 0 Å². The molecule has 0 aromatic heterocycles. The Bertz CT molecular complexity index is 1550. The second-order valence-electron chi connectivity index (χ2n) is 12.6. The van der Waals surface area contributed by atoms with Crippen molar-refractivity contribution in [2.75, 3.05) is 0 Å². The third kappa shape index (κ3) is 9.86. The lowest BCUT2D eigenvalue weighted by molar-refractivity contribution is 0.661. The largest absolute Gasteiger partial charge is 0.155 e. The van der Waals surface area contributed by atoms with E-state index in [2.05, 4.69) is 126 Å². The zero-order chi connectivity index (χ0) is 32.6. The molecular weight excluding hydrogens is 556 g/mol. The molecule has 242 valence electrons. The first-order chi connectivity index (χ1) is 22.6. The van der Waals surface area contributed by atoms with Gasteiger partial charge in [0.15, 0.2) is 0 Å². The van der Waals surface area contributed by atoms with E-state index in [1.807, 2.05) is 0 Å². The Morgan fingerprint density at radius 1 is 0.587 bits per heavy atom. The van der Waals surface area contributed by atoms with Gasteiger partial charge in [-0.2, -0.15) is 10.2 Å². The van der Waals surface area contributed by atoms with Gasteiger partial charge in [-0.05, 0) is 120 Å². The second-order valence-corrected chi connectivity index (χ2v) is 12.6. The zero-order valence-electron chi connectivity index (χ0n) is 29.2. The molecule has 0 N–H and O–H groups in total. The van der Waals surface area contributed by atoms with Crippen LogP contribution in [0, 0.1) is 0 Å². The van der Waals surface area contributed by atoms with Crippen LogP contribution in [0.2, 0.25) is 0 Å². The van der Waals surface area contributed by atoms with Crippen molar-refractivity contribution in [3.8, 4) is 22.3 Å². The number of hydrogen-bond acceptors (Lipinski definition) is 2. The number of aryl methyl sites for hydroxylation is 3. The van der Waals surface area contributed by atoms with Crippen LogP contribution < -0.4 is 0 Å². The Morgan fingerprint density at radius 2 is 1.22 bits per heavy atom. The number of benzene rings is 4. The minimum atomic E-state index is 0.838. The predicted molar refractivity (Wildman–Crippen MR) is 201 cm³/mol. The summed E-state index contributed by atoms with van der Waals surface area (Å²) in [6.45, 7) is 11.3. The van der Waals surface area contributed by atoms with Crippen molar-refractivity contribution >= 4 is 11.8 Å². The molecule has 0 aliphatic heterocycles. The van der Waals surface area contributed by atoms with Gasteiger partial charge in [-0.25, -0.2) is 0 Å². The predicted octanol–water partition coefficient (Wildman–Crippen LogP) is 13.9. The molecule has 0 saturated heterocycles. The van der Waals surface area contributed by atoms with E-state index in [0.29, 0.717) is 0 Å². The molecule has 0 amide bonds. The van der Waals surface area contributed by atoms with E-state index < -0.39 is 0 Å². The van der Waals surface area contributed by atoms with Gasteiger partial charge in [0.05, 0.1) is 11.4 Å². The molecule has 2 nitrogen and oxygen atoms in total. The lowest BCUT2D eigenvalue weighted by atomic mass is 9.88. The van der Waals surface area contributed by atoms with Gasteiger partial charge < -0.3 is 0 Å². The molecule has 4 aromatic carbocycles. The Balaban J connectivity index is 1.75. The number of azo groups is 1. The van der Waals surface area contributed by atoms with Crippen LogP contribution in [0.15, 0.2) is 101 Å². The molecule has 0 heterocycles. The highest BCUT2D eigenvalue weighted by Gasteiger charge is 2.15. The van der Waals surface area contributed by atoms with Crippen LogP contribution in [0.25, 0.3) is 28.3 Å². The highest BCUT2D eigenvalue weighted by Crippen LogP contribution is 2.39. The number of allylic oxidation sites excluding steroid dienone is 1. The van der Waals surface area contributed by atoms with Crippen LogP contribution in [0.4, 0.5) is 5.69 Å². The Hall–Kier alpha value is -3.78. The van der Waals surface area contributed by atoms with Crippen LogP contribution in [-0.4, -0.2) is 0 Å². The molecule has 46 heavy (non-hydrogen) atoms. The van der Waals surface area contributed by atoms with Gasteiger partial charge in [0.1, 0.15) is 0 Å². The summed E-state index contributed by atoms with van der Waals surface area (Å²) in [5, 5.41) is 9.81. The topological polar surface area (TPSA) is 24.7 Å². The van der Waals surface area contributed by atoms with Crippen molar-refractivity contribution in [3.05, 3.63) is 118 Å². The average molecular weight is 613 g/mol. The van der Waals surface area contributed by atoms with E-state index in [1.54, 1.807) is 11.1 Å². The molecular formula is C44H56N2. The highest BCUT2D eigenvalue weighted by molar-refractivity contribution is 5.88. The van der Waals surface area contributed by atoms with Crippen molar-refractivity contribution in [3.63, 3.8) is 0 Å². The molecule has 4 aromatic rings. The van der Waals surface area contributed by atoms with Crippen molar-refractivity contribution in [2.24, 2.45) is 10.2 Å². The third-order valence-corrected chi connectivity index (χ3v) is 9.06. The lowest BCUT2D eigenvalue weighted by Gasteiger charge is -2.17. The summed E-state index contributed by atoms with van der Waals surface area (Å²) in [5.74, 6) is 0. The van der Waals surface area contributed by atoms with Crippen LogP contribution in [-0.2, 0) is 25.7 Å². The SMILES string of the molecule is CCCCCCc1cc(C=C(CC)N=Nc2cc(CCCC)c(-c3ccccc3)c(-c3ccccc3)c2)cc(CC)c1CCCC. The smallest absolute Gasteiger partial charge is 0.0866 e. The Labute approximate surface area is 280 Å². The fourth-order valence-electron chi connectivity index (χ4n) is 6.48. The maximum absolute atomic E-state index is 4.91. The number of nitrogens with zero attached hydrogens (tertiary/aromatic N) is 2. The third-order valence-electron chi connectivity index (χ3n) is 9.06. The first-order valence-electron chi connectivity index (χ1n) is 18.2. The first kappa shape index (κ1) is 35.1. The molecule has 2 heteroatoms. The van der Waals surface area contributed by atoms with Crippen LogP contribution >= 0.6 is 0 Å². The van der Waals surface area contributed by atoms with Crippen LogP contribution in [0.1, 0.15) is 120 Å². The summed E-state index contributed by atoms with van der Waals surface area (Å²) in [7, 11) is 0. The second kappa shape index (κ2) is 19.0. The van der Waals surface area contributed by atoms with E-state index in [0.717, 1.165) is 43.5 Å². The molecule has 0 fully saturated rings. The van der Waals surface area contributed by atoms with Gasteiger partial charge in [-0.15, -0.1) is 0 Å². The van der Waals surface area contributed by atoms with Crippen LogP contribution in [0.5, 0.6) is 0 Å². The summed E-state index contributed by atoms with van der Waals surface area (Å²) in [6, 6.07) is 30.9. The number of unbranched alkanes of at least 4 members (excludes halogenated alkanes) is 5. The molecule has 0 unspecified atom stereocenters. The molecule has 0 atom stereocenters. The molecule has 0 aliphatic rings. The minimum absolute atomic E-state index is 0.838. The average Bonchev–Trinajstić information content (AvgIpc) is 3.10. The van der Waals surface area contributed by atoms with Gasteiger partial charge in [-0.3, -0.25) is 0 Å². The Morgan fingerprint density at radius 3 is 1.87 bits per heavy atom. The maximum Gasteiger partial charge on any atom is 0.0866 e. The minimum Gasteiger partial charge on any atom is -0.155 e. The summed E-state index contributed by atoms with van der Waals surface area (Å²) in [5.41, 5.74) is 14.2. The van der Waals surface area contributed by atoms with Gasteiger partial charge >= 0.3 is 0 Å². The molecule has 0 saturated carbocycles. The summed E-state index contributed by atoms with van der Waals surface area (Å²) in [4.78, 5) is 0. The monoisotopic (exact) mass is 612 g/mol. The lowest BCUT2D eigenvalue weighted by Crippen LogP contribution is -2.02. The normalized spacial score (nSPS) is 11.9. The van der Waals surface area contributed by atoms with E-state index in [-0.39, 0.29) is 0 Å². The van der Waals surface area contributed by atoms with Gasteiger partial charge in [0, 0.05) is 0 Å². The van der Waals surface area contributed by atoms with E-state index in [1.165, 1.54) is 90.3 Å². The fraction of sp³-hybridized carbons (Fsp3) is 0.409. The fourth-order valence-corrected chi connectivity index (χ4v) is 6.48. The quantitative estimate of drug-likeness (QED) is 0.0789. The van der Waals surface area contributed by atoms with Gasteiger partial charge in [0.2, 0.25) is 0 Å². The molecule has 0 bridgehead atoms. The van der Waals surface area contributed by atoms with Gasteiger partial charge in [0.25, 0.3) is 0 Å². The Kier molecular flexibility index (Phi) is 14.5. The maximum atomic E-state index is 4.91. The van der Waals surface area contributed by atoms with Crippen molar-refractivity contribution in [1.29, 1.82) is 0 Å². The van der Waals surface area contributed by atoms with E-state index >= 15 is 0 Å². The molecule has 0 aliphatic carbocycles. The zero-order valence-corrected chi connectivity index (χ0v) is 29.2.